The lowest BCUT2D eigenvalue weighted by Gasteiger charge is -2.25. The first kappa shape index (κ1) is 27.0. The lowest BCUT2D eigenvalue weighted by Crippen LogP contribution is -2.58. The number of nitrogens with two attached hydrogens (primary N) is 1. The Hall–Kier alpha value is -2.03. The molecular formula is C15H26N4O8S2. The zero-order valence-corrected chi connectivity index (χ0v) is 17.4. The molecule has 0 aromatic rings. The third-order valence-electron chi connectivity index (χ3n) is 3.68. The Kier molecular flexibility index (Phi) is 12.3. The molecule has 3 amide bonds. The quantitative estimate of drug-likeness (QED) is 0.129. The number of carboxylic acid groups (broad SMARTS) is 2. The maximum atomic E-state index is 12.4. The molecule has 0 aromatic carbocycles. The van der Waals surface area contributed by atoms with E-state index in [1.54, 1.807) is 0 Å². The molecular weight excluding hydrogens is 428 g/mol. The van der Waals surface area contributed by atoms with Gasteiger partial charge in [-0.25, -0.2) is 4.79 Å². The summed E-state index contributed by atoms with van der Waals surface area (Å²) in [5.74, 6) is -5.44. The molecule has 0 radical (unpaired) electrons. The number of aliphatic carboxylic acids is 2. The summed E-state index contributed by atoms with van der Waals surface area (Å²) in [6, 6.07) is -5.27. The molecule has 5 atom stereocenters. The van der Waals surface area contributed by atoms with Gasteiger partial charge in [-0.3, -0.25) is 19.2 Å². The van der Waals surface area contributed by atoms with E-state index in [1.807, 2.05) is 5.32 Å². The van der Waals surface area contributed by atoms with Crippen molar-refractivity contribution in [3.63, 3.8) is 0 Å². The SMILES string of the molecule is CC(O)C(NC(=O)C(CCC(=O)O)NC(=O)C(CS)NC(=O)C(N)CS)C(=O)O. The molecule has 5 unspecified atom stereocenters. The Balaban J connectivity index is 5.30. The van der Waals surface area contributed by atoms with Crippen LogP contribution in [0.25, 0.3) is 0 Å². The van der Waals surface area contributed by atoms with Gasteiger partial charge in [-0.05, 0) is 13.3 Å². The molecule has 0 fully saturated rings. The topological polar surface area (TPSA) is 208 Å². The second-order valence-electron chi connectivity index (χ2n) is 6.09. The lowest BCUT2D eigenvalue weighted by molar-refractivity contribution is -0.145. The highest BCUT2D eigenvalue weighted by Crippen LogP contribution is 2.03. The molecule has 0 saturated carbocycles. The van der Waals surface area contributed by atoms with Gasteiger partial charge in [0, 0.05) is 17.9 Å². The molecule has 166 valence electrons. The Morgan fingerprint density at radius 3 is 1.83 bits per heavy atom. The molecule has 0 saturated heterocycles. The summed E-state index contributed by atoms with van der Waals surface area (Å²) in [5, 5.41) is 33.9. The first-order valence-electron chi connectivity index (χ1n) is 8.45. The lowest BCUT2D eigenvalue weighted by atomic mass is 10.1. The molecule has 0 aliphatic heterocycles. The van der Waals surface area contributed by atoms with Gasteiger partial charge in [0.25, 0.3) is 0 Å². The highest BCUT2D eigenvalue weighted by Gasteiger charge is 2.31. The molecule has 0 bridgehead atoms. The third kappa shape index (κ3) is 9.83. The summed E-state index contributed by atoms with van der Waals surface area (Å²) in [6.45, 7) is 1.14. The maximum Gasteiger partial charge on any atom is 0.328 e. The van der Waals surface area contributed by atoms with E-state index >= 15 is 0 Å². The van der Waals surface area contributed by atoms with Crippen molar-refractivity contribution in [2.45, 2.75) is 50.0 Å². The summed E-state index contributed by atoms with van der Waals surface area (Å²) in [4.78, 5) is 58.6. The van der Waals surface area contributed by atoms with Crippen LogP contribution in [0, 0.1) is 0 Å². The summed E-state index contributed by atoms with van der Waals surface area (Å²) in [5.41, 5.74) is 5.51. The van der Waals surface area contributed by atoms with E-state index in [0.29, 0.717) is 0 Å². The maximum absolute atomic E-state index is 12.4. The highest BCUT2D eigenvalue weighted by molar-refractivity contribution is 7.80. The smallest absolute Gasteiger partial charge is 0.328 e. The van der Waals surface area contributed by atoms with Crippen LogP contribution in [0.15, 0.2) is 0 Å². The minimum absolute atomic E-state index is 0.0201. The van der Waals surface area contributed by atoms with Gasteiger partial charge in [0.05, 0.1) is 12.1 Å². The fourth-order valence-corrected chi connectivity index (χ4v) is 2.43. The molecule has 0 aliphatic carbocycles. The monoisotopic (exact) mass is 454 g/mol. The van der Waals surface area contributed by atoms with Gasteiger partial charge in [-0.1, -0.05) is 0 Å². The Morgan fingerprint density at radius 2 is 1.41 bits per heavy atom. The predicted molar refractivity (Wildman–Crippen MR) is 108 cm³/mol. The average molecular weight is 455 g/mol. The fourth-order valence-electron chi connectivity index (χ4n) is 2.01. The van der Waals surface area contributed by atoms with Crippen LogP contribution in [0.1, 0.15) is 19.8 Å². The van der Waals surface area contributed by atoms with Crippen LogP contribution in [0.2, 0.25) is 0 Å². The van der Waals surface area contributed by atoms with Crippen LogP contribution in [0.5, 0.6) is 0 Å². The second-order valence-corrected chi connectivity index (χ2v) is 6.82. The Bertz CT molecular complexity index is 619. The van der Waals surface area contributed by atoms with Crippen molar-refractivity contribution in [3.05, 3.63) is 0 Å². The van der Waals surface area contributed by atoms with Gasteiger partial charge >= 0.3 is 11.9 Å². The summed E-state index contributed by atoms with van der Waals surface area (Å²) < 4.78 is 0. The number of rotatable bonds is 13. The van der Waals surface area contributed by atoms with Crippen molar-refractivity contribution < 1.29 is 39.3 Å². The van der Waals surface area contributed by atoms with Gasteiger partial charge in [0.15, 0.2) is 6.04 Å². The third-order valence-corrected chi connectivity index (χ3v) is 4.43. The van der Waals surface area contributed by atoms with E-state index in [0.717, 1.165) is 6.92 Å². The van der Waals surface area contributed by atoms with Gasteiger partial charge in [0.1, 0.15) is 12.1 Å². The van der Waals surface area contributed by atoms with E-state index in [-0.39, 0.29) is 17.9 Å². The van der Waals surface area contributed by atoms with E-state index in [4.69, 9.17) is 15.9 Å². The van der Waals surface area contributed by atoms with Crippen LogP contribution < -0.4 is 21.7 Å². The number of carbonyl (C=O) groups is 5. The van der Waals surface area contributed by atoms with Crippen LogP contribution >= 0.6 is 25.3 Å². The standard InChI is InChI=1S/C15H26N4O8S2/c1-6(20)11(15(26)27)19-13(24)8(2-3-10(21)22)17-14(25)9(5-29)18-12(23)7(16)4-28/h6-9,11,20,28-29H,2-5,16H2,1H3,(H,17,25)(H,18,23)(H,19,24)(H,21,22)(H,26,27). The number of carboxylic acids is 2. The predicted octanol–water partition coefficient (Wildman–Crippen LogP) is -3.04. The van der Waals surface area contributed by atoms with E-state index < -0.39 is 66.4 Å². The van der Waals surface area contributed by atoms with Crippen LogP contribution in [-0.2, 0) is 24.0 Å². The summed E-state index contributed by atoms with van der Waals surface area (Å²) >= 11 is 7.82. The molecule has 12 nitrogen and oxygen atoms in total. The van der Waals surface area contributed by atoms with E-state index in [9.17, 15) is 29.1 Å². The van der Waals surface area contributed by atoms with Gasteiger partial charge < -0.3 is 37.0 Å². The first-order valence-corrected chi connectivity index (χ1v) is 9.72. The average Bonchev–Trinajstić information content (AvgIpc) is 2.65. The van der Waals surface area contributed by atoms with E-state index in [1.165, 1.54) is 0 Å². The molecule has 0 rings (SSSR count). The van der Waals surface area contributed by atoms with Crippen molar-refractivity contribution in [1.29, 1.82) is 0 Å². The van der Waals surface area contributed by atoms with Gasteiger partial charge in [-0.2, -0.15) is 25.3 Å². The van der Waals surface area contributed by atoms with Gasteiger partial charge in [-0.15, -0.1) is 0 Å². The number of amides is 3. The number of thiol groups is 2. The van der Waals surface area contributed by atoms with Crippen molar-refractivity contribution in [3.8, 4) is 0 Å². The Labute approximate surface area is 177 Å². The number of carbonyl (C=O) groups excluding carboxylic acids is 3. The zero-order valence-electron chi connectivity index (χ0n) is 15.6. The van der Waals surface area contributed by atoms with Crippen molar-refractivity contribution in [2.24, 2.45) is 5.73 Å². The molecule has 0 aliphatic rings. The number of hydrogen-bond acceptors (Lipinski definition) is 9. The van der Waals surface area contributed by atoms with Crippen LogP contribution in [0.3, 0.4) is 0 Å². The molecule has 14 heteroatoms. The molecule has 29 heavy (non-hydrogen) atoms. The Morgan fingerprint density at radius 1 is 0.897 bits per heavy atom. The number of aliphatic hydroxyl groups excluding tert-OH is 1. The number of hydrogen-bond donors (Lipinski definition) is 9. The second kappa shape index (κ2) is 13.2. The first-order chi connectivity index (χ1) is 13.4. The number of nitrogens with one attached hydrogen (secondary N) is 3. The zero-order chi connectivity index (χ0) is 22.7. The molecule has 0 aromatic heterocycles. The fraction of sp³-hybridized carbons (Fsp3) is 0.667. The van der Waals surface area contributed by atoms with Crippen molar-refractivity contribution in [2.75, 3.05) is 11.5 Å². The van der Waals surface area contributed by atoms with Crippen molar-refractivity contribution >= 4 is 54.9 Å². The molecule has 0 heterocycles. The minimum atomic E-state index is -1.67. The largest absolute Gasteiger partial charge is 0.481 e. The summed E-state index contributed by atoms with van der Waals surface area (Å²) in [6.07, 6.45) is -2.31. The highest BCUT2D eigenvalue weighted by atomic mass is 32.1. The van der Waals surface area contributed by atoms with Crippen LogP contribution in [-0.4, -0.2) is 86.8 Å². The van der Waals surface area contributed by atoms with E-state index in [2.05, 4.69) is 35.9 Å². The number of aliphatic hydroxyl groups is 1. The summed E-state index contributed by atoms with van der Waals surface area (Å²) in [7, 11) is 0. The van der Waals surface area contributed by atoms with Crippen molar-refractivity contribution in [1.82, 2.24) is 16.0 Å². The minimum Gasteiger partial charge on any atom is -0.481 e. The van der Waals surface area contributed by atoms with Crippen LogP contribution in [0.4, 0.5) is 0 Å². The molecule has 8 N–H and O–H groups in total. The normalized spacial score (nSPS) is 15.9. The van der Waals surface area contributed by atoms with Gasteiger partial charge in [0.2, 0.25) is 17.7 Å². The molecule has 0 spiro atoms.